The van der Waals surface area contributed by atoms with E-state index < -0.39 is 0 Å². The number of halogens is 1. The number of hydrogen-bond donors (Lipinski definition) is 1. The molecule has 0 aromatic heterocycles. The Kier molecular flexibility index (Phi) is 4.91. The van der Waals surface area contributed by atoms with Crippen LogP contribution < -0.4 is 5.73 Å². The molecule has 1 aliphatic rings. The summed E-state index contributed by atoms with van der Waals surface area (Å²) in [6.45, 7) is 4.44. The molecule has 1 fully saturated rings. The zero-order valence-corrected chi connectivity index (χ0v) is 11.7. The molecule has 1 heterocycles. The maximum absolute atomic E-state index is 13.4. The van der Waals surface area contributed by atoms with Gasteiger partial charge < -0.3 is 10.5 Å². The number of nitrogens with zero attached hydrogens (tertiary/aromatic N) is 1. The minimum Gasteiger partial charge on any atom is -0.381 e. The first-order valence-electron chi connectivity index (χ1n) is 6.88. The molecule has 1 aromatic rings. The third-order valence-corrected chi connectivity index (χ3v) is 4.07. The molecule has 2 N–H and O–H groups in total. The number of aryl methyl sites for hydroxylation is 1. The van der Waals surface area contributed by atoms with E-state index in [1.54, 1.807) is 13.2 Å². The average Bonchev–Trinajstić information content (AvgIpc) is 2.44. The molecule has 1 aliphatic heterocycles. The summed E-state index contributed by atoms with van der Waals surface area (Å²) >= 11 is 0. The van der Waals surface area contributed by atoms with E-state index >= 15 is 0 Å². The predicted octanol–water partition coefficient (Wildman–Crippen LogP) is 2.24. The van der Waals surface area contributed by atoms with Crippen LogP contribution in [0.2, 0.25) is 0 Å². The zero-order valence-electron chi connectivity index (χ0n) is 11.7. The van der Waals surface area contributed by atoms with Gasteiger partial charge >= 0.3 is 0 Å². The van der Waals surface area contributed by atoms with Crippen molar-refractivity contribution in [1.29, 1.82) is 0 Å². The van der Waals surface area contributed by atoms with Crippen LogP contribution in [-0.2, 0) is 4.74 Å². The Labute approximate surface area is 114 Å². The molecule has 0 spiro atoms. The molecule has 3 nitrogen and oxygen atoms in total. The Morgan fingerprint density at radius 2 is 2.11 bits per heavy atom. The number of hydrogen-bond acceptors (Lipinski definition) is 3. The van der Waals surface area contributed by atoms with Gasteiger partial charge in [-0.25, -0.2) is 4.39 Å². The highest BCUT2D eigenvalue weighted by Gasteiger charge is 2.26. The number of piperidine rings is 1. The van der Waals surface area contributed by atoms with E-state index in [1.165, 1.54) is 6.07 Å². The van der Waals surface area contributed by atoms with E-state index in [-0.39, 0.29) is 11.9 Å². The van der Waals surface area contributed by atoms with Crippen LogP contribution in [0.4, 0.5) is 4.39 Å². The number of rotatable bonds is 4. The van der Waals surface area contributed by atoms with Gasteiger partial charge in [0.15, 0.2) is 0 Å². The van der Waals surface area contributed by atoms with Crippen molar-refractivity contribution in [3.63, 3.8) is 0 Å². The van der Waals surface area contributed by atoms with Crippen molar-refractivity contribution in [1.82, 2.24) is 4.90 Å². The Hall–Kier alpha value is -0.970. The quantitative estimate of drug-likeness (QED) is 0.908. The van der Waals surface area contributed by atoms with Crippen molar-refractivity contribution in [2.75, 3.05) is 26.7 Å². The van der Waals surface area contributed by atoms with E-state index in [0.717, 1.165) is 37.1 Å². The topological polar surface area (TPSA) is 38.5 Å². The van der Waals surface area contributed by atoms with Gasteiger partial charge in [0.05, 0.1) is 6.10 Å². The standard InChI is InChI=1S/C15H23FN2O/c1-11-3-4-12(16)9-14(11)15(10-17)18-7-5-13(19-2)6-8-18/h3-4,9,13,15H,5-8,10,17H2,1-2H3. The zero-order chi connectivity index (χ0) is 13.8. The molecule has 0 amide bonds. The Morgan fingerprint density at radius 1 is 1.42 bits per heavy atom. The van der Waals surface area contributed by atoms with E-state index in [0.29, 0.717) is 12.6 Å². The van der Waals surface area contributed by atoms with Gasteiger partial charge in [0.1, 0.15) is 5.82 Å². The van der Waals surface area contributed by atoms with E-state index in [1.807, 2.05) is 13.0 Å². The molecular weight excluding hydrogens is 243 g/mol. The van der Waals surface area contributed by atoms with Crippen molar-refractivity contribution in [2.45, 2.75) is 31.9 Å². The average molecular weight is 266 g/mol. The molecule has 1 atom stereocenters. The lowest BCUT2D eigenvalue weighted by atomic mass is 9.97. The van der Waals surface area contributed by atoms with E-state index in [4.69, 9.17) is 10.5 Å². The van der Waals surface area contributed by atoms with Crippen molar-refractivity contribution in [3.8, 4) is 0 Å². The van der Waals surface area contributed by atoms with Crippen LogP contribution in [-0.4, -0.2) is 37.7 Å². The molecule has 1 aromatic carbocycles. The molecule has 1 unspecified atom stereocenters. The Bertz CT molecular complexity index is 417. The van der Waals surface area contributed by atoms with Gasteiger partial charge in [-0.1, -0.05) is 6.07 Å². The molecule has 0 aliphatic carbocycles. The minimum atomic E-state index is -0.189. The van der Waals surface area contributed by atoms with Gasteiger partial charge in [-0.3, -0.25) is 4.90 Å². The van der Waals surface area contributed by atoms with E-state index in [9.17, 15) is 4.39 Å². The van der Waals surface area contributed by atoms with Gasteiger partial charge in [0.2, 0.25) is 0 Å². The van der Waals surface area contributed by atoms with Crippen molar-refractivity contribution >= 4 is 0 Å². The van der Waals surface area contributed by atoms with Gasteiger partial charge in [-0.05, 0) is 43.0 Å². The molecular formula is C15H23FN2O. The first kappa shape index (κ1) is 14.4. The van der Waals surface area contributed by atoms with E-state index in [2.05, 4.69) is 4.90 Å². The van der Waals surface area contributed by atoms with Crippen molar-refractivity contribution in [3.05, 3.63) is 35.1 Å². The third-order valence-electron chi connectivity index (χ3n) is 4.07. The lowest BCUT2D eigenvalue weighted by Gasteiger charge is -2.37. The summed E-state index contributed by atoms with van der Waals surface area (Å²) in [4.78, 5) is 2.34. The maximum Gasteiger partial charge on any atom is 0.123 e. The van der Waals surface area contributed by atoms with Crippen LogP contribution in [0.1, 0.15) is 30.0 Å². The summed E-state index contributed by atoms with van der Waals surface area (Å²) in [5, 5.41) is 0. The smallest absolute Gasteiger partial charge is 0.123 e. The first-order valence-corrected chi connectivity index (χ1v) is 6.88. The minimum absolute atomic E-state index is 0.105. The van der Waals surface area contributed by atoms with Crippen LogP contribution in [0.15, 0.2) is 18.2 Å². The van der Waals surface area contributed by atoms with Gasteiger partial charge in [-0.2, -0.15) is 0 Å². The molecule has 1 saturated heterocycles. The highest BCUT2D eigenvalue weighted by Crippen LogP contribution is 2.27. The summed E-state index contributed by atoms with van der Waals surface area (Å²) in [5.41, 5.74) is 8.04. The second-order valence-corrected chi connectivity index (χ2v) is 5.22. The van der Waals surface area contributed by atoms with Crippen LogP contribution in [0.25, 0.3) is 0 Å². The Morgan fingerprint density at radius 3 is 2.68 bits per heavy atom. The Balaban J connectivity index is 2.14. The van der Waals surface area contributed by atoms with Gasteiger partial charge in [-0.15, -0.1) is 0 Å². The highest BCUT2D eigenvalue weighted by atomic mass is 19.1. The van der Waals surface area contributed by atoms with Crippen molar-refractivity contribution in [2.24, 2.45) is 5.73 Å². The second kappa shape index (κ2) is 6.46. The largest absolute Gasteiger partial charge is 0.381 e. The van der Waals surface area contributed by atoms with Gasteiger partial charge in [0, 0.05) is 32.8 Å². The van der Waals surface area contributed by atoms with Crippen LogP contribution in [0.3, 0.4) is 0 Å². The molecule has 19 heavy (non-hydrogen) atoms. The normalized spacial score (nSPS) is 19.6. The molecule has 0 saturated carbocycles. The highest BCUT2D eigenvalue weighted by molar-refractivity contribution is 5.30. The summed E-state index contributed by atoms with van der Waals surface area (Å²) in [5.74, 6) is -0.189. The fourth-order valence-electron chi connectivity index (χ4n) is 2.87. The predicted molar refractivity (Wildman–Crippen MR) is 74.5 cm³/mol. The summed E-state index contributed by atoms with van der Waals surface area (Å²) in [6, 6.07) is 5.06. The maximum atomic E-state index is 13.4. The summed E-state index contributed by atoms with van der Waals surface area (Å²) < 4.78 is 18.8. The number of nitrogens with two attached hydrogens (primary N) is 1. The number of benzene rings is 1. The number of methoxy groups -OCH3 is 1. The molecule has 2 rings (SSSR count). The van der Waals surface area contributed by atoms with Gasteiger partial charge in [0.25, 0.3) is 0 Å². The van der Waals surface area contributed by atoms with Crippen LogP contribution in [0.5, 0.6) is 0 Å². The first-order chi connectivity index (χ1) is 9.15. The lowest BCUT2D eigenvalue weighted by Crippen LogP contribution is -2.41. The monoisotopic (exact) mass is 266 g/mol. The summed E-state index contributed by atoms with van der Waals surface area (Å²) in [6.07, 6.45) is 2.38. The molecule has 0 radical (unpaired) electrons. The molecule has 4 heteroatoms. The third kappa shape index (κ3) is 3.32. The molecule has 0 bridgehead atoms. The lowest BCUT2D eigenvalue weighted by molar-refractivity contribution is 0.0279. The molecule has 106 valence electrons. The number of ether oxygens (including phenoxy) is 1. The number of likely N-dealkylation sites (tertiary alicyclic amines) is 1. The van der Waals surface area contributed by atoms with Crippen LogP contribution >= 0.6 is 0 Å². The SMILES string of the molecule is COC1CCN(C(CN)c2cc(F)ccc2C)CC1. The van der Waals surface area contributed by atoms with Crippen LogP contribution in [0, 0.1) is 12.7 Å². The second-order valence-electron chi connectivity index (χ2n) is 5.22. The fourth-order valence-corrected chi connectivity index (χ4v) is 2.87. The van der Waals surface area contributed by atoms with Crippen molar-refractivity contribution < 1.29 is 9.13 Å². The summed E-state index contributed by atoms with van der Waals surface area (Å²) in [7, 11) is 1.76. The fraction of sp³-hybridized carbons (Fsp3) is 0.600.